The Bertz CT molecular complexity index is 299. The van der Waals surface area contributed by atoms with Gasteiger partial charge in [0.25, 0.3) is 0 Å². The topological polar surface area (TPSA) is 161 Å². The van der Waals surface area contributed by atoms with E-state index in [1.807, 2.05) is 12.2 Å². The van der Waals surface area contributed by atoms with Crippen LogP contribution in [0.25, 0.3) is 0 Å². The highest BCUT2D eigenvalue weighted by molar-refractivity contribution is 5.83. The highest BCUT2D eigenvalue weighted by Gasteiger charge is 2.29. The number of aliphatic hydroxyl groups is 3. The minimum absolute atomic E-state index is 0.187. The summed E-state index contributed by atoms with van der Waals surface area (Å²) in [6.07, 6.45) is 0.303. The predicted octanol–water partition coefficient (Wildman–Crippen LogP) is -2.24. The first-order chi connectivity index (χ1) is 8.29. The number of rotatable bonds is 4. The number of nitrogens with two attached hydrogens (primary N) is 1. The predicted molar refractivity (Wildman–Crippen MR) is 59.6 cm³/mol. The van der Waals surface area contributed by atoms with Crippen LogP contribution in [0.1, 0.15) is 6.42 Å². The molecule has 8 nitrogen and oxygen atoms in total. The maximum Gasteiger partial charge on any atom is 0.335 e. The van der Waals surface area contributed by atoms with Crippen LogP contribution in [-0.4, -0.2) is 62.3 Å². The fraction of sp³-hybridized carbons (Fsp3) is 0.600. The zero-order chi connectivity index (χ0) is 14.3. The lowest BCUT2D eigenvalue weighted by molar-refractivity contribution is -0.165. The van der Waals surface area contributed by atoms with Gasteiger partial charge in [0.2, 0.25) is 0 Å². The molecule has 1 aliphatic carbocycles. The van der Waals surface area contributed by atoms with E-state index in [2.05, 4.69) is 0 Å². The van der Waals surface area contributed by atoms with Crippen molar-refractivity contribution in [2.24, 2.45) is 11.7 Å². The van der Waals surface area contributed by atoms with Gasteiger partial charge >= 0.3 is 11.9 Å². The Balaban J connectivity index is 0.000000327. The van der Waals surface area contributed by atoms with Gasteiger partial charge in [-0.05, 0) is 6.42 Å². The number of carboxylic acid groups (broad SMARTS) is 2. The van der Waals surface area contributed by atoms with Crippen molar-refractivity contribution in [3.63, 3.8) is 0 Å². The van der Waals surface area contributed by atoms with Gasteiger partial charge in [0.1, 0.15) is 0 Å². The smallest absolute Gasteiger partial charge is 0.335 e. The van der Waals surface area contributed by atoms with E-state index in [-0.39, 0.29) is 12.6 Å². The van der Waals surface area contributed by atoms with Crippen LogP contribution in [0.15, 0.2) is 12.2 Å². The first kappa shape index (κ1) is 16.5. The van der Waals surface area contributed by atoms with Gasteiger partial charge in [-0.1, -0.05) is 12.2 Å². The Morgan fingerprint density at radius 1 is 1.17 bits per heavy atom. The molecule has 0 aromatic rings. The molecule has 0 amide bonds. The van der Waals surface area contributed by atoms with E-state index < -0.39 is 24.1 Å². The van der Waals surface area contributed by atoms with Gasteiger partial charge in [-0.15, -0.1) is 0 Å². The van der Waals surface area contributed by atoms with Crippen LogP contribution in [0.5, 0.6) is 0 Å². The highest BCUT2D eigenvalue weighted by Crippen LogP contribution is 2.14. The molecule has 0 aromatic carbocycles. The SMILES string of the molecule is N[C@H]1C=C[C@@H](CO)C1.O=C(O)[C@H](O)[C@@H](O)C(=O)O. The zero-order valence-electron chi connectivity index (χ0n) is 9.51. The molecule has 0 saturated carbocycles. The van der Waals surface area contributed by atoms with E-state index >= 15 is 0 Å². The highest BCUT2D eigenvalue weighted by atomic mass is 16.4. The van der Waals surface area contributed by atoms with Crippen molar-refractivity contribution >= 4 is 11.9 Å². The molecule has 0 aromatic heterocycles. The van der Waals surface area contributed by atoms with Gasteiger partial charge in [0, 0.05) is 18.6 Å². The first-order valence-corrected chi connectivity index (χ1v) is 5.16. The second-order valence-corrected chi connectivity index (χ2v) is 3.79. The quantitative estimate of drug-likeness (QED) is 0.310. The van der Waals surface area contributed by atoms with Crippen LogP contribution in [0, 0.1) is 5.92 Å². The van der Waals surface area contributed by atoms with Gasteiger partial charge in [-0.25, -0.2) is 9.59 Å². The summed E-state index contributed by atoms with van der Waals surface area (Å²) in [5.41, 5.74) is 5.50. The molecule has 1 rings (SSSR count). The third kappa shape index (κ3) is 5.73. The molecule has 4 atom stereocenters. The normalized spacial score (nSPS) is 24.9. The van der Waals surface area contributed by atoms with Gasteiger partial charge < -0.3 is 31.3 Å². The molecule has 0 heterocycles. The molecule has 104 valence electrons. The molecule has 0 spiro atoms. The number of hydrogen-bond donors (Lipinski definition) is 6. The summed E-state index contributed by atoms with van der Waals surface area (Å²) in [7, 11) is 0. The van der Waals surface area contributed by atoms with Crippen LogP contribution in [-0.2, 0) is 9.59 Å². The Morgan fingerprint density at radius 3 is 1.78 bits per heavy atom. The molecule has 8 heteroatoms. The Hall–Kier alpha value is -1.48. The number of aliphatic hydroxyl groups excluding tert-OH is 3. The average Bonchev–Trinajstić information content (AvgIpc) is 2.73. The molecule has 0 fully saturated rings. The summed E-state index contributed by atoms with van der Waals surface area (Å²) in [5.74, 6) is -3.21. The van der Waals surface area contributed by atoms with Crippen molar-refractivity contribution in [1.82, 2.24) is 0 Å². The molecule has 1 aliphatic rings. The molecular formula is C10H17NO7. The fourth-order valence-electron chi connectivity index (χ4n) is 1.21. The van der Waals surface area contributed by atoms with E-state index in [0.717, 1.165) is 6.42 Å². The van der Waals surface area contributed by atoms with E-state index in [0.29, 0.717) is 5.92 Å². The van der Waals surface area contributed by atoms with Gasteiger partial charge in [-0.3, -0.25) is 0 Å². The molecule has 18 heavy (non-hydrogen) atoms. The maximum atomic E-state index is 9.77. The minimum atomic E-state index is -2.27. The Kier molecular flexibility index (Phi) is 7.13. The number of carbonyl (C=O) groups is 2. The number of aliphatic carboxylic acids is 2. The van der Waals surface area contributed by atoms with E-state index in [1.54, 1.807) is 0 Å². The van der Waals surface area contributed by atoms with Crippen molar-refractivity contribution in [1.29, 1.82) is 0 Å². The van der Waals surface area contributed by atoms with Crippen molar-refractivity contribution < 1.29 is 35.1 Å². The third-order valence-corrected chi connectivity index (χ3v) is 2.24. The van der Waals surface area contributed by atoms with Gasteiger partial charge in [-0.2, -0.15) is 0 Å². The molecule has 0 bridgehead atoms. The standard InChI is InChI=1S/C6H11NO.C4H6O6/c7-6-2-1-5(3-6)4-8;5-1(3(7)8)2(6)4(9)10/h1-2,5-6,8H,3-4,7H2;1-2,5-6H,(H,7,8)(H,9,10)/t5-,6+;1-,2-/m11/s1. The summed E-state index contributed by atoms with van der Waals surface area (Å²) < 4.78 is 0. The van der Waals surface area contributed by atoms with Crippen molar-refractivity contribution in [3.05, 3.63) is 12.2 Å². The Labute approximate surface area is 103 Å². The molecule has 0 aliphatic heterocycles. The average molecular weight is 263 g/mol. The summed E-state index contributed by atoms with van der Waals surface area (Å²) in [5, 5.41) is 41.1. The minimum Gasteiger partial charge on any atom is -0.479 e. The maximum absolute atomic E-state index is 9.77. The summed E-state index contributed by atoms with van der Waals surface area (Å²) in [6.45, 7) is 0.240. The van der Waals surface area contributed by atoms with E-state index in [4.69, 9.17) is 31.3 Å². The second kappa shape index (κ2) is 7.77. The van der Waals surface area contributed by atoms with Crippen molar-refractivity contribution in [3.8, 4) is 0 Å². The largest absolute Gasteiger partial charge is 0.479 e. The van der Waals surface area contributed by atoms with Crippen LogP contribution < -0.4 is 5.73 Å². The van der Waals surface area contributed by atoms with Crippen molar-refractivity contribution in [2.45, 2.75) is 24.7 Å². The summed E-state index contributed by atoms with van der Waals surface area (Å²) in [6, 6.07) is 0.187. The van der Waals surface area contributed by atoms with Gasteiger partial charge in [0.15, 0.2) is 12.2 Å². The van der Waals surface area contributed by atoms with Gasteiger partial charge in [0.05, 0.1) is 0 Å². The molecule has 7 N–H and O–H groups in total. The van der Waals surface area contributed by atoms with E-state index in [1.165, 1.54) is 0 Å². The summed E-state index contributed by atoms with van der Waals surface area (Å²) in [4.78, 5) is 19.5. The third-order valence-electron chi connectivity index (χ3n) is 2.24. The van der Waals surface area contributed by atoms with Crippen LogP contribution in [0.3, 0.4) is 0 Å². The fourth-order valence-corrected chi connectivity index (χ4v) is 1.21. The lowest BCUT2D eigenvalue weighted by Gasteiger charge is -2.07. The van der Waals surface area contributed by atoms with E-state index in [9.17, 15) is 9.59 Å². The Morgan fingerprint density at radius 2 is 1.61 bits per heavy atom. The summed E-state index contributed by atoms with van der Waals surface area (Å²) >= 11 is 0. The number of carboxylic acids is 2. The zero-order valence-corrected chi connectivity index (χ0v) is 9.51. The first-order valence-electron chi connectivity index (χ1n) is 5.16. The van der Waals surface area contributed by atoms with Crippen molar-refractivity contribution in [2.75, 3.05) is 6.61 Å². The molecule has 0 unspecified atom stereocenters. The molecule has 0 radical (unpaired) electrons. The molecule has 0 saturated heterocycles. The van der Waals surface area contributed by atoms with Crippen LogP contribution >= 0.6 is 0 Å². The second-order valence-electron chi connectivity index (χ2n) is 3.79. The van der Waals surface area contributed by atoms with Crippen LogP contribution in [0.4, 0.5) is 0 Å². The number of hydrogen-bond acceptors (Lipinski definition) is 6. The monoisotopic (exact) mass is 263 g/mol. The van der Waals surface area contributed by atoms with Crippen LogP contribution in [0.2, 0.25) is 0 Å². The molecular weight excluding hydrogens is 246 g/mol. The lowest BCUT2D eigenvalue weighted by Crippen LogP contribution is -2.39. The lowest BCUT2D eigenvalue weighted by atomic mass is 10.1.